The highest BCUT2D eigenvalue weighted by Crippen LogP contribution is 2.51. The molecule has 0 amide bonds. The van der Waals surface area contributed by atoms with Gasteiger partial charge in [0, 0.05) is 4.90 Å². The molecule has 5 rings (SSSR count). The van der Waals surface area contributed by atoms with Gasteiger partial charge in [-0.3, -0.25) is 4.79 Å². The maximum atomic E-state index is 12.3. The first kappa shape index (κ1) is 13.8. The second-order valence-corrected chi connectivity index (χ2v) is 6.94. The van der Waals surface area contributed by atoms with Gasteiger partial charge in [-0.2, -0.15) is 0 Å². The minimum atomic E-state index is -0.372. The van der Waals surface area contributed by atoms with Crippen molar-refractivity contribution in [2.24, 2.45) is 5.92 Å². The van der Waals surface area contributed by atoms with Crippen molar-refractivity contribution in [3.8, 4) is 11.5 Å². The van der Waals surface area contributed by atoms with Gasteiger partial charge in [0.25, 0.3) is 0 Å². The van der Waals surface area contributed by atoms with Crippen LogP contribution in [-0.2, 0) is 9.53 Å². The van der Waals surface area contributed by atoms with E-state index in [1.54, 1.807) is 11.8 Å². The third-order valence-corrected chi connectivity index (χ3v) is 5.75. The molecule has 2 aromatic rings. The van der Waals surface area contributed by atoms with Gasteiger partial charge in [-0.25, -0.2) is 0 Å². The van der Waals surface area contributed by atoms with Crippen molar-refractivity contribution in [1.82, 2.24) is 0 Å². The van der Waals surface area contributed by atoms with E-state index in [-0.39, 0.29) is 23.9 Å². The highest BCUT2D eigenvalue weighted by Gasteiger charge is 2.41. The molecule has 1 N–H and O–H groups in total. The van der Waals surface area contributed by atoms with Gasteiger partial charge >= 0.3 is 5.97 Å². The summed E-state index contributed by atoms with van der Waals surface area (Å²) in [4.78, 5) is 13.4. The number of rotatable bonds is 1. The lowest BCUT2D eigenvalue weighted by molar-refractivity contribution is -0.139. The fourth-order valence-corrected chi connectivity index (χ4v) is 4.53. The summed E-state index contributed by atoms with van der Waals surface area (Å²) in [5.41, 5.74) is 2.79. The van der Waals surface area contributed by atoms with Crippen molar-refractivity contribution in [2.75, 3.05) is 12.1 Å². The maximum Gasteiger partial charge on any atom is 0.321 e. The third-order valence-electron chi connectivity index (χ3n) is 4.34. The number of esters is 1. The van der Waals surface area contributed by atoms with Gasteiger partial charge in [0.1, 0.15) is 12.2 Å². The smallest absolute Gasteiger partial charge is 0.321 e. The summed E-state index contributed by atoms with van der Waals surface area (Å²) in [5, 5.41) is 3.24. The number of hydrogen-bond donors (Lipinski definition) is 1. The van der Waals surface area contributed by atoms with Gasteiger partial charge in [0.15, 0.2) is 11.5 Å². The molecular formula is C18H13NO4S. The van der Waals surface area contributed by atoms with Crippen LogP contribution in [0.4, 0.5) is 5.69 Å². The molecular weight excluding hydrogens is 326 g/mol. The first-order chi connectivity index (χ1) is 11.8. The number of cyclic esters (lactones) is 1. The number of ether oxygens (including phenoxy) is 3. The molecule has 0 saturated carbocycles. The monoisotopic (exact) mass is 339 g/mol. The Labute approximate surface area is 142 Å². The predicted octanol–water partition coefficient (Wildman–Crippen LogP) is 3.69. The fraction of sp³-hybridized carbons (Fsp3) is 0.167. The number of hydrogen-bond acceptors (Lipinski definition) is 6. The van der Waals surface area contributed by atoms with E-state index in [9.17, 15) is 4.79 Å². The van der Waals surface area contributed by atoms with Crippen LogP contribution in [0, 0.1) is 5.92 Å². The Hall–Kier alpha value is -2.60. The van der Waals surface area contributed by atoms with E-state index in [0.717, 1.165) is 33.3 Å². The molecule has 3 aliphatic heterocycles. The van der Waals surface area contributed by atoms with Gasteiger partial charge in [-0.05, 0) is 29.8 Å². The van der Waals surface area contributed by atoms with Gasteiger partial charge < -0.3 is 19.5 Å². The number of nitrogens with one attached hydrogen (secondary N) is 1. The summed E-state index contributed by atoms with van der Waals surface area (Å²) in [6.07, 6.45) is 1.52. The van der Waals surface area contributed by atoms with E-state index in [1.807, 2.05) is 36.4 Å². The molecule has 3 aliphatic rings. The molecule has 0 fully saturated rings. The molecule has 5 nitrogen and oxygen atoms in total. The first-order valence-corrected chi connectivity index (χ1v) is 8.50. The lowest BCUT2D eigenvalue weighted by atomic mass is 9.96. The lowest BCUT2D eigenvalue weighted by Crippen LogP contribution is -2.20. The van der Waals surface area contributed by atoms with E-state index < -0.39 is 0 Å². The van der Waals surface area contributed by atoms with Gasteiger partial charge in [0.2, 0.25) is 6.79 Å². The molecule has 120 valence electrons. The molecule has 24 heavy (non-hydrogen) atoms. The van der Waals surface area contributed by atoms with Crippen molar-refractivity contribution in [2.45, 2.75) is 10.1 Å². The van der Waals surface area contributed by atoms with Crippen LogP contribution in [0.25, 0.3) is 0 Å². The molecule has 3 heterocycles. The van der Waals surface area contributed by atoms with E-state index in [4.69, 9.17) is 14.2 Å². The lowest BCUT2D eigenvalue weighted by Gasteiger charge is -2.20. The molecule has 2 aromatic carbocycles. The largest absolute Gasteiger partial charge is 0.454 e. The Kier molecular flexibility index (Phi) is 2.99. The number of carbonyl (C=O) groups is 1. The standard InChI is InChI=1S/C18H13NO4S/c20-18-16-12(8-21-18)19-11-3-1-2-4-15(11)24-17(16)10-5-6-13-14(7-10)23-9-22-13/h1-8,16-17,19H,9H2. The Bertz CT molecular complexity index is 879. The molecule has 2 atom stereocenters. The maximum absolute atomic E-state index is 12.3. The van der Waals surface area contributed by atoms with Crippen molar-refractivity contribution < 1.29 is 19.0 Å². The summed E-state index contributed by atoms with van der Waals surface area (Å²) in [6, 6.07) is 13.9. The average molecular weight is 339 g/mol. The zero-order chi connectivity index (χ0) is 16.1. The normalized spacial score (nSPS) is 23.5. The summed E-state index contributed by atoms with van der Waals surface area (Å²) in [6.45, 7) is 0.234. The van der Waals surface area contributed by atoms with Crippen LogP contribution in [0.5, 0.6) is 11.5 Å². The van der Waals surface area contributed by atoms with Gasteiger partial charge in [0.05, 0.1) is 16.6 Å². The molecule has 0 aliphatic carbocycles. The zero-order valence-electron chi connectivity index (χ0n) is 12.5. The van der Waals surface area contributed by atoms with Crippen LogP contribution in [0.1, 0.15) is 10.8 Å². The van der Waals surface area contributed by atoms with E-state index in [2.05, 4.69) is 11.4 Å². The molecule has 0 bridgehead atoms. The molecule has 6 heteroatoms. The minimum absolute atomic E-state index is 0.100. The summed E-state index contributed by atoms with van der Waals surface area (Å²) >= 11 is 1.66. The molecule has 0 spiro atoms. The second kappa shape index (κ2) is 5.21. The Balaban J connectivity index is 1.62. The quantitative estimate of drug-likeness (QED) is 0.800. The first-order valence-electron chi connectivity index (χ1n) is 7.62. The van der Waals surface area contributed by atoms with E-state index in [1.165, 1.54) is 6.26 Å². The van der Waals surface area contributed by atoms with Crippen LogP contribution in [0.2, 0.25) is 0 Å². The summed E-state index contributed by atoms with van der Waals surface area (Å²) in [7, 11) is 0. The predicted molar refractivity (Wildman–Crippen MR) is 88.9 cm³/mol. The Morgan fingerprint density at radius 1 is 1.08 bits per heavy atom. The number of anilines is 1. The number of thioether (sulfide) groups is 1. The van der Waals surface area contributed by atoms with Crippen LogP contribution >= 0.6 is 11.8 Å². The fourth-order valence-electron chi connectivity index (χ4n) is 3.17. The van der Waals surface area contributed by atoms with Crippen molar-refractivity contribution in [3.63, 3.8) is 0 Å². The van der Waals surface area contributed by atoms with Crippen molar-refractivity contribution in [3.05, 3.63) is 60.0 Å². The second-order valence-electron chi connectivity index (χ2n) is 5.76. The molecule has 0 aromatic heterocycles. The minimum Gasteiger partial charge on any atom is -0.454 e. The van der Waals surface area contributed by atoms with Crippen LogP contribution in [0.15, 0.2) is 59.3 Å². The molecule has 2 unspecified atom stereocenters. The van der Waals surface area contributed by atoms with Crippen LogP contribution in [0.3, 0.4) is 0 Å². The van der Waals surface area contributed by atoms with E-state index in [0.29, 0.717) is 0 Å². The molecule has 0 radical (unpaired) electrons. The van der Waals surface area contributed by atoms with E-state index >= 15 is 0 Å². The Morgan fingerprint density at radius 3 is 2.92 bits per heavy atom. The Morgan fingerprint density at radius 2 is 1.96 bits per heavy atom. The zero-order valence-corrected chi connectivity index (χ0v) is 13.3. The summed E-state index contributed by atoms with van der Waals surface area (Å²) < 4.78 is 16.1. The highest BCUT2D eigenvalue weighted by molar-refractivity contribution is 7.99. The topological polar surface area (TPSA) is 56.8 Å². The number of benzene rings is 2. The van der Waals surface area contributed by atoms with Crippen LogP contribution < -0.4 is 14.8 Å². The van der Waals surface area contributed by atoms with Gasteiger partial charge in [-0.15, -0.1) is 11.8 Å². The summed E-state index contributed by atoms with van der Waals surface area (Å²) in [5.74, 6) is 0.847. The third kappa shape index (κ3) is 2.06. The van der Waals surface area contributed by atoms with Gasteiger partial charge in [-0.1, -0.05) is 18.2 Å². The van der Waals surface area contributed by atoms with Crippen molar-refractivity contribution in [1.29, 1.82) is 0 Å². The highest BCUT2D eigenvalue weighted by atomic mass is 32.2. The number of para-hydroxylation sites is 1. The average Bonchev–Trinajstić information content (AvgIpc) is 3.16. The number of carbonyl (C=O) groups excluding carboxylic acids is 1. The van der Waals surface area contributed by atoms with Crippen LogP contribution in [-0.4, -0.2) is 12.8 Å². The number of fused-ring (bicyclic) bond motifs is 3. The SMILES string of the molecule is O=C1OC=C2Nc3ccccc3SC(c3ccc4c(c3)OCO4)C12. The van der Waals surface area contributed by atoms with Crippen molar-refractivity contribution >= 4 is 23.4 Å². The molecule has 0 saturated heterocycles.